The molecule has 5 rings (SSSR count). The number of nitrogens with one attached hydrogen (secondary N) is 1. The molecule has 0 bridgehead atoms. The van der Waals surface area contributed by atoms with Crippen molar-refractivity contribution in [2.24, 2.45) is 5.92 Å². The zero-order chi connectivity index (χ0) is 27.7. The Labute approximate surface area is 222 Å². The van der Waals surface area contributed by atoms with Gasteiger partial charge in [-0.15, -0.1) is 13.2 Å². The van der Waals surface area contributed by atoms with Gasteiger partial charge in [0.1, 0.15) is 5.75 Å². The van der Waals surface area contributed by atoms with Crippen molar-refractivity contribution in [2.75, 3.05) is 25.7 Å². The van der Waals surface area contributed by atoms with Gasteiger partial charge in [-0.2, -0.15) is 5.10 Å². The summed E-state index contributed by atoms with van der Waals surface area (Å²) in [5.74, 6) is -0.238. The minimum atomic E-state index is -4.94. The van der Waals surface area contributed by atoms with Crippen LogP contribution in [0.5, 0.6) is 17.2 Å². The van der Waals surface area contributed by atoms with Crippen molar-refractivity contribution in [1.82, 2.24) is 15.1 Å². The molecule has 1 aliphatic carbocycles. The van der Waals surface area contributed by atoms with E-state index in [4.69, 9.17) is 9.47 Å². The molecule has 1 aliphatic heterocycles. The Morgan fingerprint density at radius 3 is 2.46 bits per heavy atom. The summed E-state index contributed by atoms with van der Waals surface area (Å²) < 4.78 is 55.2. The lowest BCUT2D eigenvalue weighted by molar-refractivity contribution is -0.274. The minimum Gasteiger partial charge on any atom is -0.493 e. The average molecular weight is 545 g/mol. The molecule has 0 radical (unpaired) electrons. The molecule has 39 heavy (non-hydrogen) atoms. The van der Waals surface area contributed by atoms with Gasteiger partial charge in [0.2, 0.25) is 0 Å². The van der Waals surface area contributed by atoms with E-state index in [0.29, 0.717) is 47.3 Å². The summed E-state index contributed by atoms with van der Waals surface area (Å²) >= 11 is 0. The zero-order valence-corrected chi connectivity index (χ0v) is 21.3. The van der Waals surface area contributed by atoms with Crippen LogP contribution in [0.1, 0.15) is 51.7 Å². The molecule has 2 aliphatic rings. The number of methoxy groups -OCH3 is 2. The van der Waals surface area contributed by atoms with Crippen LogP contribution in [0, 0.1) is 5.92 Å². The van der Waals surface area contributed by atoms with Crippen LogP contribution < -0.4 is 24.4 Å². The first-order valence-electron chi connectivity index (χ1n) is 12.4. The first-order valence-corrected chi connectivity index (χ1v) is 12.4. The van der Waals surface area contributed by atoms with Crippen LogP contribution in [0.4, 0.5) is 18.9 Å². The number of nitrogens with zero attached hydrogens (tertiary/aromatic N) is 3. The summed E-state index contributed by atoms with van der Waals surface area (Å²) in [5.41, 5.74) is 1.30. The molecule has 0 saturated heterocycles. The smallest absolute Gasteiger partial charge is 0.493 e. The average Bonchev–Trinajstić information content (AvgIpc) is 3.64. The van der Waals surface area contributed by atoms with Gasteiger partial charge in [-0.3, -0.25) is 14.3 Å². The van der Waals surface area contributed by atoms with Crippen LogP contribution in [-0.2, 0) is 6.54 Å². The van der Waals surface area contributed by atoms with E-state index in [1.807, 2.05) is 0 Å². The zero-order valence-electron chi connectivity index (χ0n) is 21.3. The van der Waals surface area contributed by atoms with E-state index in [0.717, 1.165) is 18.9 Å². The molecule has 12 heteroatoms. The van der Waals surface area contributed by atoms with E-state index in [2.05, 4.69) is 15.2 Å². The molecule has 1 N–H and O–H groups in total. The lowest BCUT2D eigenvalue weighted by Crippen LogP contribution is -2.41. The SMILES string of the molecule is COc1ccc(C(=O)N2CCC(NC(=O)c3ccccc3OC(F)(F)F)c3c2cnn3CC2CC2)cc1OC. The van der Waals surface area contributed by atoms with Crippen molar-refractivity contribution in [3.8, 4) is 17.2 Å². The van der Waals surface area contributed by atoms with Gasteiger partial charge in [0.05, 0.1) is 43.4 Å². The second-order valence-corrected chi connectivity index (χ2v) is 9.43. The van der Waals surface area contributed by atoms with Crippen LogP contribution in [0.15, 0.2) is 48.7 Å². The summed E-state index contributed by atoms with van der Waals surface area (Å²) in [6.07, 6.45) is -0.904. The van der Waals surface area contributed by atoms with Gasteiger partial charge in [-0.05, 0) is 55.5 Å². The Morgan fingerprint density at radius 2 is 1.77 bits per heavy atom. The highest BCUT2D eigenvalue weighted by Crippen LogP contribution is 2.39. The number of anilines is 1. The maximum atomic E-state index is 13.6. The highest BCUT2D eigenvalue weighted by atomic mass is 19.4. The first kappa shape index (κ1) is 26.4. The number of hydrogen-bond donors (Lipinski definition) is 1. The second kappa shape index (κ2) is 10.5. The van der Waals surface area contributed by atoms with Crippen LogP contribution >= 0.6 is 0 Å². The number of carbonyl (C=O) groups excluding carboxylic acids is 2. The van der Waals surface area contributed by atoms with Crippen molar-refractivity contribution < 1.29 is 37.0 Å². The number of halogens is 3. The number of para-hydroxylation sites is 1. The lowest BCUT2D eigenvalue weighted by atomic mass is 10.0. The number of benzene rings is 2. The van der Waals surface area contributed by atoms with Crippen molar-refractivity contribution in [3.63, 3.8) is 0 Å². The number of alkyl halides is 3. The summed E-state index contributed by atoms with van der Waals surface area (Å²) in [4.78, 5) is 28.3. The van der Waals surface area contributed by atoms with Crippen molar-refractivity contribution in [1.29, 1.82) is 0 Å². The van der Waals surface area contributed by atoms with Crippen molar-refractivity contribution >= 4 is 17.5 Å². The second-order valence-electron chi connectivity index (χ2n) is 9.43. The first-order chi connectivity index (χ1) is 18.7. The molecule has 2 amide bonds. The molecule has 1 atom stereocenters. The van der Waals surface area contributed by atoms with Crippen LogP contribution in [0.25, 0.3) is 0 Å². The molecule has 1 fully saturated rings. The fourth-order valence-corrected chi connectivity index (χ4v) is 4.74. The Balaban J connectivity index is 1.44. The molecule has 1 saturated carbocycles. The molecule has 3 aromatic rings. The van der Waals surface area contributed by atoms with E-state index in [1.54, 1.807) is 34.0 Å². The molecule has 1 unspecified atom stereocenters. The fourth-order valence-electron chi connectivity index (χ4n) is 4.74. The van der Waals surface area contributed by atoms with Crippen molar-refractivity contribution in [2.45, 2.75) is 38.2 Å². The monoisotopic (exact) mass is 544 g/mol. The molecule has 1 aromatic heterocycles. The van der Waals surface area contributed by atoms with E-state index in [9.17, 15) is 22.8 Å². The quantitative estimate of drug-likeness (QED) is 0.441. The number of fused-ring (bicyclic) bond motifs is 1. The summed E-state index contributed by atoms with van der Waals surface area (Å²) in [5, 5.41) is 7.36. The number of hydrogen-bond acceptors (Lipinski definition) is 6. The minimum absolute atomic E-state index is 0.242. The Kier molecular flexibility index (Phi) is 7.11. The van der Waals surface area contributed by atoms with E-state index in [1.165, 1.54) is 32.4 Å². The summed E-state index contributed by atoms with van der Waals surface area (Å²) in [6.45, 7) is 0.870. The molecule has 2 heterocycles. The van der Waals surface area contributed by atoms with Gasteiger partial charge in [0, 0.05) is 18.7 Å². The molecule has 9 nitrogen and oxygen atoms in total. The third kappa shape index (κ3) is 5.64. The fraction of sp³-hybridized carbons (Fsp3) is 0.370. The van der Waals surface area contributed by atoms with Crippen molar-refractivity contribution in [3.05, 3.63) is 65.5 Å². The van der Waals surface area contributed by atoms with Crippen LogP contribution in [0.2, 0.25) is 0 Å². The van der Waals surface area contributed by atoms with Crippen LogP contribution in [0.3, 0.4) is 0 Å². The maximum Gasteiger partial charge on any atom is 0.573 e. The topological polar surface area (TPSA) is 94.9 Å². The highest BCUT2D eigenvalue weighted by molar-refractivity contribution is 6.07. The van der Waals surface area contributed by atoms with Crippen LogP contribution in [-0.4, -0.2) is 48.7 Å². The van der Waals surface area contributed by atoms with Gasteiger partial charge in [0.25, 0.3) is 11.8 Å². The standard InChI is InChI=1S/C27H27F3N4O5/c1-37-22-10-9-17(13-23(22)38-2)26(36)33-12-11-19(24-20(33)14-31-34(24)15-16-7-8-16)32-25(35)18-5-3-4-6-21(18)39-27(28,29)30/h3-6,9-10,13-14,16,19H,7-8,11-12,15H2,1-2H3,(H,32,35). The maximum absolute atomic E-state index is 13.6. The lowest BCUT2D eigenvalue weighted by Gasteiger charge is -2.33. The van der Waals surface area contributed by atoms with Gasteiger partial charge >= 0.3 is 6.36 Å². The van der Waals surface area contributed by atoms with E-state index < -0.39 is 24.1 Å². The molecular weight excluding hydrogens is 517 g/mol. The van der Waals surface area contributed by atoms with Gasteiger partial charge in [-0.25, -0.2) is 0 Å². The summed E-state index contributed by atoms with van der Waals surface area (Å²) in [7, 11) is 2.99. The van der Waals surface area contributed by atoms with Gasteiger partial charge < -0.3 is 24.4 Å². The molecule has 0 spiro atoms. The molecule has 206 valence electrons. The van der Waals surface area contributed by atoms with Gasteiger partial charge in [-0.1, -0.05) is 12.1 Å². The Hall–Kier alpha value is -4.22. The third-order valence-electron chi connectivity index (χ3n) is 6.79. The third-order valence-corrected chi connectivity index (χ3v) is 6.79. The number of amides is 2. The molecular formula is C27H27F3N4O5. The Bertz CT molecular complexity index is 1390. The van der Waals surface area contributed by atoms with E-state index in [-0.39, 0.29) is 18.0 Å². The number of aromatic nitrogens is 2. The normalized spacial score (nSPS) is 16.8. The Morgan fingerprint density at radius 1 is 1.03 bits per heavy atom. The number of rotatable bonds is 8. The van der Waals surface area contributed by atoms with E-state index >= 15 is 0 Å². The largest absolute Gasteiger partial charge is 0.573 e. The number of ether oxygens (including phenoxy) is 3. The highest BCUT2D eigenvalue weighted by Gasteiger charge is 2.37. The number of carbonyl (C=O) groups is 2. The van der Waals surface area contributed by atoms with Gasteiger partial charge in [0.15, 0.2) is 11.5 Å². The summed E-state index contributed by atoms with van der Waals surface area (Å²) in [6, 6.07) is 9.50. The molecule has 2 aromatic carbocycles. The predicted molar refractivity (Wildman–Crippen MR) is 134 cm³/mol. The predicted octanol–water partition coefficient (Wildman–Crippen LogP) is 4.73.